The van der Waals surface area contributed by atoms with Crippen molar-refractivity contribution < 1.29 is 13.5 Å². The predicted molar refractivity (Wildman–Crippen MR) is 74.0 cm³/mol. The highest BCUT2D eigenvalue weighted by atomic mass is 19.1. The summed E-state index contributed by atoms with van der Waals surface area (Å²) in [7, 11) is 0. The molecule has 0 amide bonds. The van der Waals surface area contributed by atoms with Crippen molar-refractivity contribution in [2.75, 3.05) is 11.9 Å². The van der Waals surface area contributed by atoms with Crippen molar-refractivity contribution in [1.82, 2.24) is 0 Å². The molecule has 3 rings (SSSR count). The van der Waals surface area contributed by atoms with Gasteiger partial charge in [-0.05, 0) is 43.2 Å². The molecular formula is C16H15F2NO. The highest BCUT2D eigenvalue weighted by Gasteiger charge is 2.24. The van der Waals surface area contributed by atoms with Crippen LogP contribution in [0.15, 0.2) is 36.4 Å². The van der Waals surface area contributed by atoms with Gasteiger partial charge in [-0.15, -0.1) is 0 Å². The van der Waals surface area contributed by atoms with Crippen molar-refractivity contribution in [3.63, 3.8) is 0 Å². The molecule has 20 heavy (non-hydrogen) atoms. The average Bonchev–Trinajstić information content (AvgIpc) is 2.81. The number of rotatable bonds is 3. The zero-order chi connectivity index (χ0) is 14.1. The molecule has 1 aliphatic rings. The van der Waals surface area contributed by atoms with Gasteiger partial charge in [0.2, 0.25) is 0 Å². The van der Waals surface area contributed by atoms with Gasteiger partial charge in [-0.2, -0.15) is 0 Å². The number of anilines is 1. The monoisotopic (exact) mass is 275 g/mol. The molecule has 2 aromatic rings. The summed E-state index contributed by atoms with van der Waals surface area (Å²) in [5.41, 5.74) is 2.55. The van der Waals surface area contributed by atoms with Crippen LogP contribution in [-0.4, -0.2) is 6.61 Å². The van der Waals surface area contributed by atoms with Crippen LogP contribution in [-0.2, 0) is 6.42 Å². The third-order valence-electron chi connectivity index (χ3n) is 3.48. The molecule has 2 aromatic carbocycles. The first kappa shape index (κ1) is 12.9. The Balaban J connectivity index is 1.86. The molecule has 4 heteroatoms. The predicted octanol–water partition coefficient (Wildman–Crippen LogP) is 4.07. The minimum absolute atomic E-state index is 0.164. The van der Waals surface area contributed by atoms with Gasteiger partial charge in [0.15, 0.2) is 0 Å². The number of hydrogen-bond acceptors (Lipinski definition) is 2. The second-order valence-electron chi connectivity index (χ2n) is 4.82. The minimum atomic E-state index is -0.555. The fourth-order valence-corrected chi connectivity index (χ4v) is 2.57. The van der Waals surface area contributed by atoms with Gasteiger partial charge in [0.25, 0.3) is 0 Å². The molecule has 0 aliphatic carbocycles. The van der Waals surface area contributed by atoms with E-state index in [1.54, 1.807) is 0 Å². The lowest BCUT2D eigenvalue weighted by Crippen LogP contribution is -2.08. The van der Waals surface area contributed by atoms with Crippen LogP contribution >= 0.6 is 0 Å². The Morgan fingerprint density at radius 2 is 2.05 bits per heavy atom. The quantitative estimate of drug-likeness (QED) is 0.911. The van der Waals surface area contributed by atoms with E-state index in [1.165, 1.54) is 12.1 Å². The van der Waals surface area contributed by atoms with E-state index >= 15 is 0 Å². The van der Waals surface area contributed by atoms with E-state index < -0.39 is 11.6 Å². The van der Waals surface area contributed by atoms with E-state index in [-0.39, 0.29) is 6.04 Å². The normalized spacial score (nSPS) is 16.6. The molecule has 1 heterocycles. The van der Waals surface area contributed by atoms with Crippen molar-refractivity contribution in [2.45, 2.75) is 19.4 Å². The Morgan fingerprint density at radius 1 is 1.20 bits per heavy atom. The van der Waals surface area contributed by atoms with Gasteiger partial charge in [0.1, 0.15) is 17.4 Å². The summed E-state index contributed by atoms with van der Waals surface area (Å²) in [6.07, 6.45) is 0.665. The standard InChI is InChI=1S/C16H15F2NO/c1-2-20-12-4-6-15-10(7-12)8-16(19-15)13-5-3-11(17)9-14(13)18/h3-7,9,16,19H,2,8H2,1H3. The molecule has 1 N–H and O–H groups in total. The van der Waals surface area contributed by atoms with Crippen LogP contribution in [0, 0.1) is 11.6 Å². The van der Waals surface area contributed by atoms with Crippen LogP contribution in [0.5, 0.6) is 5.75 Å². The van der Waals surface area contributed by atoms with Crippen molar-refractivity contribution in [3.05, 3.63) is 59.2 Å². The molecule has 0 bridgehead atoms. The Morgan fingerprint density at radius 3 is 2.80 bits per heavy atom. The summed E-state index contributed by atoms with van der Waals surface area (Å²) >= 11 is 0. The number of halogens is 2. The van der Waals surface area contributed by atoms with Crippen molar-refractivity contribution in [2.24, 2.45) is 0 Å². The van der Waals surface area contributed by atoms with Gasteiger partial charge in [0.05, 0.1) is 12.6 Å². The molecule has 104 valence electrons. The van der Waals surface area contributed by atoms with Gasteiger partial charge in [0, 0.05) is 17.3 Å². The third-order valence-corrected chi connectivity index (χ3v) is 3.48. The van der Waals surface area contributed by atoms with Gasteiger partial charge >= 0.3 is 0 Å². The topological polar surface area (TPSA) is 21.3 Å². The van der Waals surface area contributed by atoms with Crippen molar-refractivity contribution >= 4 is 5.69 Å². The molecule has 2 nitrogen and oxygen atoms in total. The summed E-state index contributed by atoms with van der Waals surface area (Å²) in [5, 5.41) is 3.26. The highest BCUT2D eigenvalue weighted by molar-refractivity contribution is 5.60. The first-order valence-electron chi connectivity index (χ1n) is 6.64. The zero-order valence-electron chi connectivity index (χ0n) is 11.1. The number of ether oxygens (including phenoxy) is 1. The molecule has 0 radical (unpaired) electrons. The summed E-state index contributed by atoms with van der Waals surface area (Å²) in [6.45, 7) is 2.55. The van der Waals surface area contributed by atoms with Crippen LogP contribution in [0.4, 0.5) is 14.5 Å². The maximum atomic E-state index is 13.8. The highest BCUT2D eigenvalue weighted by Crippen LogP contribution is 2.37. The molecule has 0 saturated carbocycles. The van der Waals surface area contributed by atoms with E-state index in [1.807, 2.05) is 25.1 Å². The third kappa shape index (κ3) is 2.33. The molecule has 1 atom stereocenters. The SMILES string of the molecule is CCOc1ccc2c(c1)CC(c1ccc(F)cc1F)N2. The number of benzene rings is 2. The number of nitrogens with one attached hydrogen (secondary N) is 1. The van der Waals surface area contributed by atoms with Crippen molar-refractivity contribution in [1.29, 1.82) is 0 Å². The molecular weight excluding hydrogens is 260 g/mol. The molecule has 0 saturated heterocycles. The van der Waals surface area contributed by atoms with Crippen LogP contribution in [0.2, 0.25) is 0 Å². The fraction of sp³-hybridized carbons (Fsp3) is 0.250. The maximum Gasteiger partial charge on any atom is 0.131 e. The largest absolute Gasteiger partial charge is 0.494 e. The minimum Gasteiger partial charge on any atom is -0.494 e. The van der Waals surface area contributed by atoms with E-state index in [0.29, 0.717) is 18.6 Å². The fourth-order valence-electron chi connectivity index (χ4n) is 2.57. The first-order valence-corrected chi connectivity index (χ1v) is 6.64. The maximum absolute atomic E-state index is 13.8. The average molecular weight is 275 g/mol. The van der Waals surface area contributed by atoms with E-state index in [2.05, 4.69) is 5.32 Å². The van der Waals surface area contributed by atoms with Crippen LogP contribution < -0.4 is 10.1 Å². The Kier molecular flexibility index (Phi) is 3.30. The molecule has 0 fully saturated rings. The van der Waals surface area contributed by atoms with Crippen LogP contribution in [0.25, 0.3) is 0 Å². The molecule has 0 aromatic heterocycles. The Labute approximate surface area is 116 Å². The van der Waals surface area contributed by atoms with Crippen molar-refractivity contribution in [3.8, 4) is 5.75 Å². The number of hydrogen-bond donors (Lipinski definition) is 1. The molecule has 1 aliphatic heterocycles. The first-order chi connectivity index (χ1) is 9.67. The van der Waals surface area contributed by atoms with E-state index in [0.717, 1.165) is 23.1 Å². The lowest BCUT2D eigenvalue weighted by Gasteiger charge is -2.12. The Hall–Kier alpha value is -2.10. The summed E-state index contributed by atoms with van der Waals surface area (Å²) in [5.74, 6) is -0.256. The van der Waals surface area contributed by atoms with E-state index in [9.17, 15) is 8.78 Å². The Bertz CT molecular complexity index is 642. The molecule has 1 unspecified atom stereocenters. The smallest absolute Gasteiger partial charge is 0.131 e. The van der Waals surface area contributed by atoms with Gasteiger partial charge < -0.3 is 10.1 Å². The second kappa shape index (κ2) is 5.12. The summed E-state index contributed by atoms with van der Waals surface area (Å²) in [6, 6.07) is 9.33. The van der Waals surface area contributed by atoms with Gasteiger partial charge in [-0.1, -0.05) is 6.07 Å². The summed E-state index contributed by atoms with van der Waals surface area (Å²) < 4.78 is 32.2. The van der Waals surface area contributed by atoms with Crippen LogP contribution in [0.3, 0.4) is 0 Å². The second-order valence-corrected chi connectivity index (χ2v) is 4.82. The lowest BCUT2D eigenvalue weighted by molar-refractivity contribution is 0.340. The lowest BCUT2D eigenvalue weighted by atomic mass is 10.0. The van der Waals surface area contributed by atoms with E-state index in [4.69, 9.17) is 4.74 Å². The van der Waals surface area contributed by atoms with Crippen LogP contribution in [0.1, 0.15) is 24.1 Å². The van der Waals surface area contributed by atoms with Gasteiger partial charge in [-0.3, -0.25) is 0 Å². The van der Waals surface area contributed by atoms with Gasteiger partial charge in [-0.25, -0.2) is 8.78 Å². The molecule has 0 spiro atoms. The summed E-state index contributed by atoms with van der Waals surface area (Å²) in [4.78, 5) is 0. The number of fused-ring (bicyclic) bond motifs is 1. The zero-order valence-corrected chi connectivity index (χ0v) is 11.1.